The van der Waals surface area contributed by atoms with Gasteiger partial charge in [0.1, 0.15) is 24.8 Å². The van der Waals surface area contributed by atoms with Crippen molar-refractivity contribution in [2.24, 2.45) is 7.05 Å². The maximum absolute atomic E-state index is 13.5. The van der Waals surface area contributed by atoms with Crippen LogP contribution in [0.3, 0.4) is 0 Å². The lowest BCUT2D eigenvalue weighted by atomic mass is 10.1. The van der Waals surface area contributed by atoms with Crippen LogP contribution < -0.4 is 14.9 Å². The first kappa shape index (κ1) is 21.3. The highest BCUT2D eigenvalue weighted by Gasteiger charge is 2.18. The molecule has 32 heavy (non-hydrogen) atoms. The zero-order valence-corrected chi connectivity index (χ0v) is 17.8. The average Bonchev–Trinajstić information content (AvgIpc) is 2.81. The first-order valence-corrected chi connectivity index (χ1v) is 10.2. The number of fused-ring (bicyclic) bond motifs is 1. The second-order valence-electron chi connectivity index (χ2n) is 7.37. The Hall–Kier alpha value is -3.93. The molecule has 0 aliphatic rings. The monoisotopic (exact) mass is 431 g/mol. The Balaban J connectivity index is 1.61. The highest BCUT2D eigenvalue weighted by molar-refractivity contribution is 5.94. The van der Waals surface area contributed by atoms with E-state index >= 15 is 0 Å². The van der Waals surface area contributed by atoms with Crippen LogP contribution in [0.15, 0.2) is 77.6 Å². The summed E-state index contributed by atoms with van der Waals surface area (Å²) in [4.78, 5) is 24.6. The lowest BCUT2D eigenvalue weighted by Crippen LogP contribution is -2.18. The van der Waals surface area contributed by atoms with E-state index in [1.807, 2.05) is 23.7 Å². The molecule has 0 atom stereocenters. The normalized spacial score (nSPS) is 10.8. The molecule has 1 heterocycles. The van der Waals surface area contributed by atoms with E-state index in [2.05, 4.69) is 0 Å². The fourth-order valence-electron chi connectivity index (χ4n) is 3.62. The highest BCUT2D eigenvalue weighted by Crippen LogP contribution is 2.30. The molecule has 0 aliphatic carbocycles. The molecule has 0 fully saturated rings. The first-order chi connectivity index (χ1) is 15.5. The van der Waals surface area contributed by atoms with Crippen LogP contribution >= 0.6 is 0 Å². The van der Waals surface area contributed by atoms with Crippen LogP contribution in [0.25, 0.3) is 22.2 Å². The average molecular weight is 431 g/mol. The van der Waals surface area contributed by atoms with Crippen molar-refractivity contribution in [2.75, 3.05) is 13.2 Å². The van der Waals surface area contributed by atoms with Crippen molar-refractivity contribution in [3.05, 3.63) is 94.4 Å². The van der Waals surface area contributed by atoms with Gasteiger partial charge >= 0.3 is 0 Å². The summed E-state index contributed by atoms with van der Waals surface area (Å²) in [5.74, 6) is 0.420. The fraction of sp³-hybridized carbons (Fsp3) is 0.154. The molecule has 0 amide bonds. The Morgan fingerprint density at radius 2 is 1.56 bits per heavy atom. The number of ether oxygens (including phenoxy) is 2. The van der Waals surface area contributed by atoms with Crippen molar-refractivity contribution in [3.63, 3.8) is 0 Å². The number of nitrogens with zero attached hydrogens (tertiary/aromatic N) is 1. The Morgan fingerprint density at radius 3 is 2.25 bits per heavy atom. The molecule has 0 radical (unpaired) electrons. The standard InChI is InChI=1S/C26H22FNO4/c1-17(29)18-9-13-21(14-10-18)31-15-16-32-26-24(19-7-11-20(27)12-8-19)28(2)23-6-4-3-5-22(23)25(26)30/h3-14H,15-16H2,1-2H3. The van der Waals surface area contributed by atoms with Gasteiger partial charge in [0.2, 0.25) is 5.43 Å². The maximum Gasteiger partial charge on any atom is 0.231 e. The van der Waals surface area contributed by atoms with Crippen molar-refractivity contribution < 1.29 is 18.7 Å². The topological polar surface area (TPSA) is 57.5 Å². The van der Waals surface area contributed by atoms with Gasteiger partial charge in [-0.3, -0.25) is 9.59 Å². The summed E-state index contributed by atoms with van der Waals surface area (Å²) in [6, 6.07) is 20.1. The summed E-state index contributed by atoms with van der Waals surface area (Å²) in [6.45, 7) is 1.85. The van der Waals surface area contributed by atoms with Gasteiger partial charge in [-0.2, -0.15) is 0 Å². The van der Waals surface area contributed by atoms with Gasteiger partial charge in [-0.05, 0) is 67.6 Å². The van der Waals surface area contributed by atoms with E-state index in [1.54, 1.807) is 48.5 Å². The number of Topliss-reactive ketones (excluding diaryl/α,β-unsaturated/α-hetero) is 1. The van der Waals surface area contributed by atoms with E-state index in [4.69, 9.17) is 9.47 Å². The minimum atomic E-state index is -0.355. The minimum Gasteiger partial charge on any atom is -0.490 e. The molecule has 3 aromatic carbocycles. The molecule has 162 valence electrons. The van der Waals surface area contributed by atoms with Crippen LogP contribution in [0.4, 0.5) is 4.39 Å². The third-order valence-electron chi connectivity index (χ3n) is 5.24. The Bertz CT molecular complexity index is 1330. The van der Waals surface area contributed by atoms with Crippen LogP contribution in [-0.2, 0) is 7.05 Å². The van der Waals surface area contributed by atoms with E-state index in [1.165, 1.54) is 19.1 Å². The number of carbonyl (C=O) groups is 1. The molecule has 1 aromatic heterocycles. The SMILES string of the molecule is CC(=O)c1ccc(OCCOc2c(-c3ccc(F)cc3)n(C)c3ccccc3c2=O)cc1. The Morgan fingerprint density at radius 1 is 0.906 bits per heavy atom. The van der Waals surface area contributed by atoms with Gasteiger partial charge in [-0.15, -0.1) is 0 Å². The number of ketones is 1. The molecule has 0 saturated heterocycles. The van der Waals surface area contributed by atoms with Crippen LogP contribution in [0.2, 0.25) is 0 Å². The third kappa shape index (κ3) is 4.25. The van der Waals surface area contributed by atoms with E-state index in [9.17, 15) is 14.0 Å². The lowest BCUT2D eigenvalue weighted by Gasteiger charge is -2.18. The van der Waals surface area contributed by atoms with Gasteiger partial charge < -0.3 is 14.0 Å². The van der Waals surface area contributed by atoms with Gasteiger partial charge in [-0.25, -0.2) is 4.39 Å². The fourth-order valence-corrected chi connectivity index (χ4v) is 3.62. The first-order valence-electron chi connectivity index (χ1n) is 10.2. The second-order valence-corrected chi connectivity index (χ2v) is 7.37. The number of para-hydroxylation sites is 1. The van der Waals surface area contributed by atoms with E-state index in [-0.39, 0.29) is 36.0 Å². The molecule has 4 aromatic rings. The van der Waals surface area contributed by atoms with E-state index in [0.29, 0.717) is 28.0 Å². The Labute approximate surface area is 184 Å². The van der Waals surface area contributed by atoms with Crippen LogP contribution in [0, 0.1) is 5.82 Å². The van der Waals surface area contributed by atoms with Crippen molar-refractivity contribution >= 4 is 16.7 Å². The number of halogens is 1. The van der Waals surface area contributed by atoms with Crippen LogP contribution in [0.5, 0.6) is 11.5 Å². The largest absolute Gasteiger partial charge is 0.490 e. The number of rotatable bonds is 7. The smallest absolute Gasteiger partial charge is 0.231 e. The molecule has 0 saturated carbocycles. The van der Waals surface area contributed by atoms with Gasteiger partial charge in [-0.1, -0.05) is 12.1 Å². The summed E-state index contributed by atoms with van der Waals surface area (Å²) < 4.78 is 27.0. The molecule has 0 aliphatic heterocycles. The van der Waals surface area contributed by atoms with Gasteiger partial charge in [0.05, 0.1) is 11.2 Å². The lowest BCUT2D eigenvalue weighted by molar-refractivity contribution is 0.101. The number of hydrogen-bond donors (Lipinski definition) is 0. The summed E-state index contributed by atoms with van der Waals surface area (Å²) in [5.41, 5.74) is 2.37. The summed E-state index contributed by atoms with van der Waals surface area (Å²) in [6.07, 6.45) is 0. The third-order valence-corrected chi connectivity index (χ3v) is 5.24. The quantitative estimate of drug-likeness (QED) is 0.305. The number of carbonyl (C=O) groups excluding carboxylic acids is 1. The molecular formula is C26H22FNO4. The van der Waals surface area contributed by atoms with E-state index in [0.717, 1.165) is 5.52 Å². The Kier molecular flexibility index (Phi) is 6.03. The van der Waals surface area contributed by atoms with E-state index < -0.39 is 0 Å². The number of pyridine rings is 1. The zero-order chi connectivity index (χ0) is 22.7. The highest BCUT2D eigenvalue weighted by atomic mass is 19.1. The van der Waals surface area contributed by atoms with Gasteiger partial charge in [0, 0.05) is 23.6 Å². The predicted molar refractivity (Wildman–Crippen MR) is 122 cm³/mol. The number of benzene rings is 3. The van der Waals surface area contributed by atoms with Gasteiger partial charge in [0.25, 0.3) is 0 Å². The minimum absolute atomic E-state index is 0.0136. The summed E-state index contributed by atoms with van der Waals surface area (Å²) in [5, 5.41) is 0.539. The van der Waals surface area contributed by atoms with Crippen molar-refractivity contribution in [3.8, 4) is 22.8 Å². The molecule has 0 unspecified atom stereocenters. The van der Waals surface area contributed by atoms with Crippen molar-refractivity contribution in [2.45, 2.75) is 6.92 Å². The number of aryl methyl sites for hydroxylation is 1. The molecule has 4 rings (SSSR count). The van der Waals surface area contributed by atoms with Crippen molar-refractivity contribution in [1.29, 1.82) is 0 Å². The maximum atomic E-state index is 13.5. The zero-order valence-electron chi connectivity index (χ0n) is 17.8. The van der Waals surface area contributed by atoms with Gasteiger partial charge in [0.15, 0.2) is 11.5 Å². The van der Waals surface area contributed by atoms with Crippen molar-refractivity contribution in [1.82, 2.24) is 4.57 Å². The number of hydrogen-bond acceptors (Lipinski definition) is 4. The molecule has 0 N–H and O–H groups in total. The second kappa shape index (κ2) is 9.06. The summed E-state index contributed by atoms with van der Waals surface area (Å²) >= 11 is 0. The molecule has 5 nitrogen and oxygen atoms in total. The molecule has 0 spiro atoms. The predicted octanol–water partition coefficient (Wildman–Crippen LogP) is 5.01. The molecular weight excluding hydrogens is 409 g/mol. The van der Waals surface area contributed by atoms with Crippen LogP contribution in [0.1, 0.15) is 17.3 Å². The van der Waals surface area contributed by atoms with Crippen LogP contribution in [-0.4, -0.2) is 23.6 Å². The molecule has 6 heteroatoms. The summed E-state index contributed by atoms with van der Waals surface area (Å²) in [7, 11) is 1.85. The number of aromatic nitrogens is 1. The molecule has 0 bridgehead atoms.